The lowest BCUT2D eigenvalue weighted by Gasteiger charge is -2.08. The monoisotopic (exact) mass is 388 g/mol. The van der Waals surface area contributed by atoms with Crippen LogP contribution in [-0.2, 0) is 20.7 Å². The Kier molecular flexibility index (Phi) is 6.21. The predicted molar refractivity (Wildman–Crippen MR) is 99.3 cm³/mol. The third-order valence-electron chi connectivity index (χ3n) is 4.00. The van der Waals surface area contributed by atoms with Crippen LogP contribution >= 0.6 is 0 Å². The van der Waals surface area contributed by atoms with Gasteiger partial charge >= 0.3 is 12.6 Å². The molecular formula is C20H18F2N2O4. The van der Waals surface area contributed by atoms with Crippen LogP contribution in [0.4, 0.5) is 14.5 Å². The zero-order valence-corrected chi connectivity index (χ0v) is 14.8. The number of aryl methyl sites for hydroxylation is 1. The molecule has 0 spiro atoms. The number of rotatable bonds is 8. The van der Waals surface area contributed by atoms with Crippen molar-refractivity contribution in [3.05, 3.63) is 60.3 Å². The number of H-pyrrole nitrogens is 1. The van der Waals surface area contributed by atoms with Crippen molar-refractivity contribution in [2.24, 2.45) is 0 Å². The molecule has 0 radical (unpaired) electrons. The maximum atomic E-state index is 12.1. The number of fused-ring (bicyclic) bond motifs is 1. The molecule has 1 amide bonds. The van der Waals surface area contributed by atoms with Gasteiger partial charge in [0.2, 0.25) is 0 Å². The van der Waals surface area contributed by atoms with E-state index in [2.05, 4.69) is 15.0 Å². The van der Waals surface area contributed by atoms with E-state index in [9.17, 15) is 18.4 Å². The number of para-hydroxylation sites is 1. The molecule has 0 atom stereocenters. The highest BCUT2D eigenvalue weighted by Crippen LogP contribution is 2.19. The average molecular weight is 388 g/mol. The van der Waals surface area contributed by atoms with Gasteiger partial charge in [-0.05, 0) is 42.3 Å². The van der Waals surface area contributed by atoms with Gasteiger partial charge in [0.05, 0.1) is 0 Å². The van der Waals surface area contributed by atoms with Gasteiger partial charge in [0.1, 0.15) is 5.75 Å². The summed E-state index contributed by atoms with van der Waals surface area (Å²) in [6, 6.07) is 13.2. The number of carbonyl (C=O) groups is 2. The van der Waals surface area contributed by atoms with Gasteiger partial charge in [-0.1, -0.05) is 18.2 Å². The normalized spacial score (nSPS) is 10.8. The van der Waals surface area contributed by atoms with Crippen molar-refractivity contribution in [1.29, 1.82) is 0 Å². The van der Waals surface area contributed by atoms with Gasteiger partial charge in [0.25, 0.3) is 5.91 Å². The van der Waals surface area contributed by atoms with Crippen LogP contribution < -0.4 is 10.1 Å². The van der Waals surface area contributed by atoms with E-state index in [1.165, 1.54) is 24.3 Å². The Bertz CT molecular complexity index is 954. The first kappa shape index (κ1) is 19.3. The summed E-state index contributed by atoms with van der Waals surface area (Å²) in [7, 11) is 0. The fraction of sp³-hybridized carbons (Fsp3) is 0.200. The molecule has 3 aromatic rings. The van der Waals surface area contributed by atoms with Crippen LogP contribution in [-0.4, -0.2) is 30.1 Å². The molecule has 3 rings (SSSR count). The molecular weight excluding hydrogens is 370 g/mol. The molecule has 0 bridgehead atoms. The maximum absolute atomic E-state index is 12.1. The van der Waals surface area contributed by atoms with Gasteiger partial charge in [0, 0.05) is 29.2 Å². The van der Waals surface area contributed by atoms with Crippen LogP contribution in [0.3, 0.4) is 0 Å². The van der Waals surface area contributed by atoms with E-state index in [0.717, 1.165) is 16.5 Å². The fourth-order valence-corrected chi connectivity index (χ4v) is 2.71. The van der Waals surface area contributed by atoms with E-state index in [1.54, 1.807) is 0 Å². The summed E-state index contributed by atoms with van der Waals surface area (Å²) < 4.78 is 33.4. The number of aromatic nitrogens is 1. The standard InChI is InChI=1S/C20H18F2N2O4/c21-20(22)28-15-8-6-14(7-9-15)24-18(25)12-27-19(26)10-5-13-11-23-17-4-2-1-3-16(13)17/h1-4,6-9,11,20,23H,5,10,12H2,(H,24,25). The number of hydrogen-bond donors (Lipinski definition) is 2. The Hall–Kier alpha value is -3.42. The second-order valence-electron chi connectivity index (χ2n) is 5.97. The van der Waals surface area contributed by atoms with Gasteiger partial charge in [-0.2, -0.15) is 8.78 Å². The summed E-state index contributed by atoms with van der Waals surface area (Å²) in [5, 5.41) is 3.56. The molecule has 1 aromatic heterocycles. The van der Waals surface area contributed by atoms with Crippen LogP contribution in [0.25, 0.3) is 10.9 Å². The Morgan fingerprint density at radius 2 is 1.82 bits per heavy atom. The number of amides is 1. The first-order chi connectivity index (χ1) is 13.5. The number of alkyl halides is 2. The minimum absolute atomic E-state index is 0.0169. The third kappa shape index (κ3) is 5.29. The summed E-state index contributed by atoms with van der Waals surface area (Å²) in [5.41, 5.74) is 2.37. The van der Waals surface area contributed by atoms with Crippen LogP contribution in [0.5, 0.6) is 5.75 Å². The SMILES string of the molecule is O=C(COC(=O)CCc1c[nH]c2ccccc12)Nc1ccc(OC(F)F)cc1. The molecule has 0 unspecified atom stereocenters. The summed E-state index contributed by atoms with van der Waals surface area (Å²) in [6.07, 6.45) is 2.50. The van der Waals surface area contributed by atoms with E-state index >= 15 is 0 Å². The molecule has 1 heterocycles. The lowest BCUT2D eigenvalue weighted by atomic mass is 10.1. The smallest absolute Gasteiger partial charge is 0.387 e. The van der Waals surface area contributed by atoms with Crippen molar-refractivity contribution in [3.8, 4) is 5.75 Å². The Balaban J connectivity index is 1.42. The first-order valence-corrected chi connectivity index (χ1v) is 8.56. The quantitative estimate of drug-likeness (QED) is 0.574. The van der Waals surface area contributed by atoms with Gasteiger partial charge < -0.3 is 19.8 Å². The molecule has 28 heavy (non-hydrogen) atoms. The third-order valence-corrected chi connectivity index (χ3v) is 4.00. The number of halogens is 2. The van der Waals surface area contributed by atoms with Gasteiger partial charge in [-0.25, -0.2) is 0 Å². The number of benzene rings is 2. The summed E-state index contributed by atoms with van der Waals surface area (Å²) >= 11 is 0. The van der Waals surface area contributed by atoms with E-state index in [1.807, 2.05) is 30.5 Å². The topological polar surface area (TPSA) is 80.4 Å². The lowest BCUT2D eigenvalue weighted by molar-refractivity contribution is -0.147. The van der Waals surface area contributed by atoms with Crippen molar-refractivity contribution in [2.45, 2.75) is 19.5 Å². The molecule has 146 valence electrons. The van der Waals surface area contributed by atoms with Crippen molar-refractivity contribution in [1.82, 2.24) is 4.98 Å². The molecule has 6 nitrogen and oxygen atoms in total. The first-order valence-electron chi connectivity index (χ1n) is 8.56. The van der Waals surface area contributed by atoms with Crippen LogP contribution in [0.1, 0.15) is 12.0 Å². The zero-order chi connectivity index (χ0) is 19.9. The van der Waals surface area contributed by atoms with Gasteiger partial charge in [0.15, 0.2) is 6.61 Å². The van der Waals surface area contributed by atoms with Crippen molar-refractivity contribution < 1.29 is 27.8 Å². The minimum atomic E-state index is -2.91. The number of nitrogens with one attached hydrogen (secondary N) is 2. The number of hydrogen-bond acceptors (Lipinski definition) is 4. The van der Waals surface area contributed by atoms with E-state index in [4.69, 9.17) is 4.74 Å². The molecule has 0 saturated heterocycles. The zero-order valence-electron chi connectivity index (χ0n) is 14.8. The van der Waals surface area contributed by atoms with Gasteiger partial charge in [-0.3, -0.25) is 9.59 Å². The summed E-state index contributed by atoms with van der Waals surface area (Å²) in [6.45, 7) is -3.34. The molecule has 8 heteroatoms. The lowest BCUT2D eigenvalue weighted by Crippen LogP contribution is -2.21. The van der Waals surface area contributed by atoms with E-state index in [-0.39, 0.29) is 12.2 Å². The largest absolute Gasteiger partial charge is 0.456 e. The van der Waals surface area contributed by atoms with Crippen molar-refractivity contribution in [3.63, 3.8) is 0 Å². The average Bonchev–Trinajstić information content (AvgIpc) is 3.09. The van der Waals surface area contributed by atoms with Crippen LogP contribution in [0.15, 0.2) is 54.7 Å². The molecule has 0 saturated carbocycles. The Labute approximate surface area is 159 Å². The van der Waals surface area contributed by atoms with Crippen molar-refractivity contribution in [2.75, 3.05) is 11.9 Å². The number of carbonyl (C=O) groups excluding carboxylic acids is 2. The van der Waals surface area contributed by atoms with Crippen LogP contribution in [0, 0.1) is 0 Å². The predicted octanol–water partition coefficient (Wildman–Crippen LogP) is 3.88. The van der Waals surface area contributed by atoms with E-state index in [0.29, 0.717) is 12.1 Å². The van der Waals surface area contributed by atoms with Crippen molar-refractivity contribution >= 4 is 28.5 Å². The maximum Gasteiger partial charge on any atom is 0.387 e. The fourth-order valence-electron chi connectivity index (χ4n) is 2.71. The highest BCUT2D eigenvalue weighted by molar-refractivity contribution is 5.92. The second-order valence-corrected chi connectivity index (χ2v) is 5.97. The number of ether oxygens (including phenoxy) is 2. The highest BCUT2D eigenvalue weighted by atomic mass is 19.3. The second kappa shape index (κ2) is 8.98. The highest BCUT2D eigenvalue weighted by Gasteiger charge is 2.11. The minimum Gasteiger partial charge on any atom is -0.456 e. The summed E-state index contributed by atoms with van der Waals surface area (Å²) in [5.74, 6) is -1.03. The molecule has 2 aromatic carbocycles. The molecule has 0 aliphatic rings. The van der Waals surface area contributed by atoms with Crippen LogP contribution in [0.2, 0.25) is 0 Å². The number of anilines is 1. The Morgan fingerprint density at radius 3 is 2.57 bits per heavy atom. The number of esters is 1. The molecule has 0 aliphatic heterocycles. The molecule has 0 aliphatic carbocycles. The molecule has 2 N–H and O–H groups in total. The van der Waals surface area contributed by atoms with E-state index < -0.39 is 25.1 Å². The number of aromatic amines is 1. The Morgan fingerprint density at radius 1 is 1.07 bits per heavy atom. The molecule has 0 fully saturated rings. The summed E-state index contributed by atoms with van der Waals surface area (Å²) in [4.78, 5) is 26.9. The van der Waals surface area contributed by atoms with Gasteiger partial charge in [-0.15, -0.1) is 0 Å².